The van der Waals surface area contributed by atoms with Gasteiger partial charge in [0, 0.05) is 11.8 Å². The predicted molar refractivity (Wildman–Crippen MR) is 72.3 cm³/mol. The third kappa shape index (κ3) is 3.21. The summed E-state index contributed by atoms with van der Waals surface area (Å²) in [6.45, 7) is 3.48. The molecule has 2 aliphatic carbocycles. The molecule has 0 aromatic carbocycles. The van der Waals surface area contributed by atoms with Crippen LogP contribution < -0.4 is 0 Å². The number of ketones is 2. The SMILES string of the molecule is CC(=O)C1CCC(C2CCC(C(C)=O)CC2)CC1. The molecule has 2 aliphatic rings. The fourth-order valence-electron chi connectivity index (χ4n) is 3.99. The van der Waals surface area contributed by atoms with Gasteiger partial charge in [-0.3, -0.25) is 9.59 Å². The lowest BCUT2D eigenvalue weighted by Gasteiger charge is -2.36. The molecule has 2 fully saturated rings. The summed E-state index contributed by atoms with van der Waals surface area (Å²) in [4.78, 5) is 22.7. The van der Waals surface area contributed by atoms with Gasteiger partial charge in [-0.1, -0.05) is 0 Å². The standard InChI is InChI=1S/C16H26O2/c1-11(17)13-3-7-15(8-4-13)16-9-5-14(6-10-16)12(2)18/h13-16H,3-10H2,1-2H3. The van der Waals surface area contributed by atoms with E-state index in [4.69, 9.17) is 0 Å². The van der Waals surface area contributed by atoms with Gasteiger partial charge in [-0.05, 0) is 77.0 Å². The van der Waals surface area contributed by atoms with Gasteiger partial charge in [-0.25, -0.2) is 0 Å². The van der Waals surface area contributed by atoms with Crippen molar-refractivity contribution in [2.75, 3.05) is 0 Å². The van der Waals surface area contributed by atoms with Crippen molar-refractivity contribution in [3.8, 4) is 0 Å². The Balaban J connectivity index is 1.78. The van der Waals surface area contributed by atoms with E-state index in [0.29, 0.717) is 23.4 Å². The molecule has 0 aromatic heterocycles. The van der Waals surface area contributed by atoms with E-state index in [-0.39, 0.29) is 0 Å². The van der Waals surface area contributed by atoms with E-state index in [9.17, 15) is 9.59 Å². The lowest BCUT2D eigenvalue weighted by atomic mass is 9.68. The molecule has 0 saturated heterocycles. The molecule has 0 heterocycles. The fourth-order valence-corrected chi connectivity index (χ4v) is 3.99. The summed E-state index contributed by atoms with van der Waals surface area (Å²) in [5.74, 6) is 3.11. The molecule has 0 spiro atoms. The molecule has 0 N–H and O–H groups in total. The van der Waals surface area contributed by atoms with Gasteiger partial charge in [0.1, 0.15) is 11.6 Å². The highest BCUT2D eigenvalue weighted by atomic mass is 16.1. The smallest absolute Gasteiger partial charge is 0.132 e. The summed E-state index contributed by atoms with van der Waals surface area (Å²) in [5, 5.41) is 0. The van der Waals surface area contributed by atoms with Crippen LogP contribution in [-0.2, 0) is 9.59 Å². The van der Waals surface area contributed by atoms with Gasteiger partial charge in [0.25, 0.3) is 0 Å². The Morgan fingerprint density at radius 1 is 0.611 bits per heavy atom. The van der Waals surface area contributed by atoms with Crippen LogP contribution in [0.1, 0.15) is 65.2 Å². The van der Waals surface area contributed by atoms with Crippen molar-refractivity contribution in [1.29, 1.82) is 0 Å². The van der Waals surface area contributed by atoms with Crippen LogP contribution in [0.25, 0.3) is 0 Å². The number of hydrogen-bond acceptors (Lipinski definition) is 2. The summed E-state index contributed by atoms with van der Waals surface area (Å²) in [6.07, 6.45) is 9.36. The van der Waals surface area contributed by atoms with Gasteiger partial charge in [0.05, 0.1) is 0 Å². The molecule has 102 valence electrons. The van der Waals surface area contributed by atoms with Crippen LogP contribution in [0.4, 0.5) is 0 Å². The van der Waals surface area contributed by atoms with Crippen molar-refractivity contribution >= 4 is 11.6 Å². The van der Waals surface area contributed by atoms with E-state index in [1.54, 1.807) is 13.8 Å². The summed E-state index contributed by atoms with van der Waals surface area (Å²) in [6, 6.07) is 0. The minimum absolute atomic E-state index is 0.342. The van der Waals surface area contributed by atoms with Crippen LogP contribution in [-0.4, -0.2) is 11.6 Å². The van der Waals surface area contributed by atoms with E-state index in [1.165, 1.54) is 25.7 Å². The average Bonchev–Trinajstić information content (AvgIpc) is 2.39. The molecule has 0 aromatic rings. The Labute approximate surface area is 111 Å². The van der Waals surface area contributed by atoms with Crippen molar-refractivity contribution in [2.45, 2.75) is 65.2 Å². The van der Waals surface area contributed by atoms with Gasteiger partial charge < -0.3 is 0 Å². The van der Waals surface area contributed by atoms with Crippen LogP contribution in [0.3, 0.4) is 0 Å². The van der Waals surface area contributed by atoms with Gasteiger partial charge in [-0.2, -0.15) is 0 Å². The van der Waals surface area contributed by atoms with E-state index in [2.05, 4.69) is 0 Å². The quantitative estimate of drug-likeness (QED) is 0.764. The van der Waals surface area contributed by atoms with Gasteiger partial charge in [0.2, 0.25) is 0 Å². The van der Waals surface area contributed by atoms with Crippen molar-refractivity contribution in [3.63, 3.8) is 0 Å². The topological polar surface area (TPSA) is 34.1 Å². The zero-order chi connectivity index (χ0) is 13.1. The molecule has 0 aliphatic heterocycles. The zero-order valence-corrected chi connectivity index (χ0v) is 11.8. The number of rotatable bonds is 3. The fraction of sp³-hybridized carbons (Fsp3) is 0.875. The summed E-state index contributed by atoms with van der Waals surface area (Å²) in [7, 11) is 0. The summed E-state index contributed by atoms with van der Waals surface area (Å²) >= 11 is 0. The second kappa shape index (κ2) is 5.99. The maximum atomic E-state index is 11.4. The highest BCUT2D eigenvalue weighted by molar-refractivity contribution is 5.78. The molecule has 2 nitrogen and oxygen atoms in total. The molecule has 2 saturated carbocycles. The largest absolute Gasteiger partial charge is 0.300 e. The Morgan fingerprint density at radius 2 is 0.889 bits per heavy atom. The first-order valence-electron chi connectivity index (χ1n) is 7.58. The van der Waals surface area contributed by atoms with Crippen molar-refractivity contribution in [1.82, 2.24) is 0 Å². The molecule has 0 amide bonds. The van der Waals surface area contributed by atoms with Gasteiger partial charge in [-0.15, -0.1) is 0 Å². The highest BCUT2D eigenvalue weighted by Gasteiger charge is 2.32. The summed E-state index contributed by atoms with van der Waals surface area (Å²) < 4.78 is 0. The maximum Gasteiger partial charge on any atom is 0.132 e. The van der Waals surface area contributed by atoms with Crippen molar-refractivity contribution < 1.29 is 9.59 Å². The molecular weight excluding hydrogens is 224 g/mol. The van der Waals surface area contributed by atoms with Crippen molar-refractivity contribution in [3.05, 3.63) is 0 Å². The zero-order valence-electron chi connectivity index (χ0n) is 11.8. The van der Waals surface area contributed by atoms with Crippen LogP contribution in [0, 0.1) is 23.7 Å². The molecule has 18 heavy (non-hydrogen) atoms. The monoisotopic (exact) mass is 250 g/mol. The maximum absolute atomic E-state index is 11.4. The molecule has 2 heteroatoms. The first-order valence-corrected chi connectivity index (χ1v) is 7.58. The number of Topliss-reactive ketones (excluding diaryl/α,β-unsaturated/α-hetero) is 2. The Morgan fingerprint density at radius 3 is 1.11 bits per heavy atom. The molecule has 2 rings (SSSR count). The molecule has 0 radical (unpaired) electrons. The van der Waals surface area contributed by atoms with Crippen molar-refractivity contribution in [2.24, 2.45) is 23.7 Å². The van der Waals surface area contributed by atoms with Crippen LogP contribution in [0.5, 0.6) is 0 Å². The van der Waals surface area contributed by atoms with Gasteiger partial charge >= 0.3 is 0 Å². The lowest BCUT2D eigenvalue weighted by molar-refractivity contribution is -0.123. The minimum Gasteiger partial charge on any atom is -0.300 e. The van der Waals surface area contributed by atoms with Crippen LogP contribution in [0.15, 0.2) is 0 Å². The highest BCUT2D eigenvalue weighted by Crippen LogP contribution is 2.41. The van der Waals surface area contributed by atoms with Crippen LogP contribution >= 0.6 is 0 Å². The number of carbonyl (C=O) groups is 2. The lowest BCUT2D eigenvalue weighted by Crippen LogP contribution is -2.29. The van der Waals surface area contributed by atoms with Gasteiger partial charge in [0.15, 0.2) is 0 Å². The Bertz CT molecular complexity index is 273. The van der Waals surface area contributed by atoms with E-state index < -0.39 is 0 Å². The molecule has 0 bridgehead atoms. The average molecular weight is 250 g/mol. The van der Waals surface area contributed by atoms with E-state index >= 15 is 0 Å². The molecular formula is C16H26O2. The minimum atomic E-state index is 0.342. The summed E-state index contributed by atoms with van der Waals surface area (Å²) in [5.41, 5.74) is 0. The Kier molecular flexibility index (Phi) is 4.58. The first-order chi connectivity index (χ1) is 8.58. The Hall–Kier alpha value is -0.660. The van der Waals surface area contributed by atoms with Crippen LogP contribution in [0.2, 0.25) is 0 Å². The predicted octanol–water partition coefficient (Wildman–Crippen LogP) is 3.78. The first kappa shape index (κ1) is 13.8. The van der Waals surface area contributed by atoms with E-state index in [1.807, 2.05) is 0 Å². The second-order valence-electron chi connectivity index (χ2n) is 6.44. The molecule has 0 atom stereocenters. The number of carbonyl (C=O) groups excluding carboxylic acids is 2. The van der Waals surface area contributed by atoms with E-state index in [0.717, 1.165) is 37.5 Å². The normalized spacial score (nSPS) is 37.2. The third-order valence-corrected chi connectivity index (χ3v) is 5.36. The molecule has 0 unspecified atom stereocenters. The number of hydrogen-bond donors (Lipinski definition) is 0. The third-order valence-electron chi connectivity index (χ3n) is 5.36. The second-order valence-corrected chi connectivity index (χ2v) is 6.44.